The van der Waals surface area contributed by atoms with Crippen LogP contribution < -0.4 is 9.64 Å². The fraction of sp³-hybridized carbons (Fsp3) is 0.333. The molecule has 4 nitrogen and oxygen atoms in total. The van der Waals surface area contributed by atoms with E-state index < -0.39 is 0 Å². The van der Waals surface area contributed by atoms with Crippen LogP contribution in [0.4, 0.5) is 5.69 Å². The SMILES string of the molecule is COc1ccc2c(ccn2CCc2c[nH]c3ccccc23)c1N1CCCCC1. The van der Waals surface area contributed by atoms with Gasteiger partial charge in [-0.3, -0.25) is 0 Å². The van der Waals surface area contributed by atoms with Crippen LogP contribution in [0.5, 0.6) is 5.75 Å². The topological polar surface area (TPSA) is 33.2 Å². The molecule has 0 bridgehead atoms. The summed E-state index contributed by atoms with van der Waals surface area (Å²) >= 11 is 0. The minimum absolute atomic E-state index is 0.969. The molecule has 1 saturated heterocycles. The Balaban J connectivity index is 1.47. The summed E-state index contributed by atoms with van der Waals surface area (Å²) in [5.41, 5.74) is 5.15. The van der Waals surface area contributed by atoms with Crippen LogP contribution in [0.2, 0.25) is 0 Å². The van der Waals surface area contributed by atoms with Crippen molar-refractivity contribution in [1.82, 2.24) is 9.55 Å². The summed E-state index contributed by atoms with van der Waals surface area (Å²) in [4.78, 5) is 5.90. The fourth-order valence-electron chi connectivity index (χ4n) is 4.62. The molecule has 5 rings (SSSR count). The number of aromatic amines is 1. The molecule has 4 heteroatoms. The molecule has 1 aliphatic rings. The van der Waals surface area contributed by atoms with Gasteiger partial charge in [0.1, 0.15) is 5.75 Å². The second-order valence-corrected chi connectivity index (χ2v) is 7.72. The number of fused-ring (bicyclic) bond motifs is 2. The first-order chi connectivity index (χ1) is 13.8. The van der Waals surface area contributed by atoms with Gasteiger partial charge in [-0.2, -0.15) is 0 Å². The van der Waals surface area contributed by atoms with Crippen LogP contribution in [0.3, 0.4) is 0 Å². The summed E-state index contributed by atoms with van der Waals surface area (Å²) in [6.07, 6.45) is 9.26. The molecule has 2 aromatic heterocycles. The number of hydrogen-bond donors (Lipinski definition) is 1. The van der Waals surface area contributed by atoms with Crippen LogP contribution in [0, 0.1) is 0 Å². The van der Waals surface area contributed by atoms with Crippen molar-refractivity contribution in [2.24, 2.45) is 0 Å². The van der Waals surface area contributed by atoms with E-state index in [4.69, 9.17) is 4.74 Å². The number of piperidine rings is 1. The lowest BCUT2D eigenvalue weighted by atomic mass is 10.1. The Hall–Kier alpha value is -2.88. The van der Waals surface area contributed by atoms with E-state index in [-0.39, 0.29) is 0 Å². The molecule has 0 unspecified atom stereocenters. The highest BCUT2D eigenvalue weighted by molar-refractivity contribution is 5.96. The molecule has 1 fully saturated rings. The molecule has 28 heavy (non-hydrogen) atoms. The van der Waals surface area contributed by atoms with Crippen molar-refractivity contribution in [3.63, 3.8) is 0 Å². The summed E-state index contributed by atoms with van der Waals surface area (Å²) < 4.78 is 8.11. The standard InChI is InChI=1S/C24H27N3O/c1-28-23-10-9-22-20(24(23)27-13-5-2-6-14-27)12-16-26(22)15-11-18-17-25-21-8-4-3-7-19(18)21/h3-4,7-10,12,16-17,25H,2,5-6,11,13-15H2,1H3. The predicted molar refractivity (Wildman–Crippen MR) is 117 cm³/mol. The molecule has 0 saturated carbocycles. The second-order valence-electron chi connectivity index (χ2n) is 7.72. The first-order valence-electron chi connectivity index (χ1n) is 10.3. The number of nitrogens with zero attached hydrogens (tertiary/aromatic N) is 2. The van der Waals surface area contributed by atoms with Crippen LogP contribution in [-0.4, -0.2) is 29.8 Å². The predicted octanol–water partition coefficient (Wildman–Crippen LogP) is 5.36. The van der Waals surface area contributed by atoms with Gasteiger partial charge in [-0.15, -0.1) is 0 Å². The second kappa shape index (κ2) is 7.27. The number of para-hydroxylation sites is 1. The van der Waals surface area contributed by atoms with E-state index in [1.54, 1.807) is 7.11 Å². The highest BCUT2D eigenvalue weighted by Crippen LogP contribution is 2.38. The van der Waals surface area contributed by atoms with E-state index >= 15 is 0 Å². The van der Waals surface area contributed by atoms with Gasteiger partial charge >= 0.3 is 0 Å². The Morgan fingerprint density at radius 3 is 2.68 bits per heavy atom. The monoisotopic (exact) mass is 373 g/mol. The highest BCUT2D eigenvalue weighted by Gasteiger charge is 2.19. The molecule has 0 spiro atoms. The van der Waals surface area contributed by atoms with Crippen molar-refractivity contribution in [3.8, 4) is 5.75 Å². The number of anilines is 1. The van der Waals surface area contributed by atoms with Crippen LogP contribution in [0.25, 0.3) is 21.8 Å². The minimum Gasteiger partial charge on any atom is -0.495 e. The van der Waals surface area contributed by atoms with Gasteiger partial charge in [-0.1, -0.05) is 18.2 Å². The van der Waals surface area contributed by atoms with Gasteiger partial charge in [0.15, 0.2) is 0 Å². The fourth-order valence-corrected chi connectivity index (χ4v) is 4.62. The Kier molecular flexibility index (Phi) is 4.47. The Bertz CT molecular complexity index is 1100. The van der Waals surface area contributed by atoms with Gasteiger partial charge in [-0.25, -0.2) is 0 Å². The number of ether oxygens (including phenoxy) is 1. The van der Waals surface area contributed by atoms with Gasteiger partial charge in [0.25, 0.3) is 0 Å². The van der Waals surface area contributed by atoms with Gasteiger partial charge in [0.05, 0.1) is 18.3 Å². The van der Waals surface area contributed by atoms with Gasteiger partial charge in [0, 0.05) is 48.3 Å². The average Bonchev–Trinajstić information content (AvgIpc) is 3.36. The molecule has 0 aliphatic carbocycles. The van der Waals surface area contributed by atoms with Gasteiger partial charge < -0.3 is 19.2 Å². The zero-order chi connectivity index (χ0) is 18.9. The molecule has 3 heterocycles. The summed E-state index contributed by atoms with van der Waals surface area (Å²) in [6.45, 7) is 3.21. The molecular weight excluding hydrogens is 346 g/mol. The van der Waals surface area contributed by atoms with E-state index in [1.165, 1.54) is 52.3 Å². The van der Waals surface area contributed by atoms with E-state index in [0.29, 0.717) is 0 Å². The number of methoxy groups -OCH3 is 1. The van der Waals surface area contributed by atoms with Crippen LogP contribution >= 0.6 is 0 Å². The lowest BCUT2D eigenvalue weighted by Gasteiger charge is -2.30. The number of H-pyrrole nitrogens is 1. The largest absolute Gasteiger partial charge is 0.495 e. The Morgan fingerprint density at radius 1 is 0.964 bits per heavy atom. The van der Waals surface area contributed by atoms with E-state index in [2.05, 4.69) is 69.3 Å². The summed E-state index contributed by atoms with van der Waals surface area (Å²) in [7, 11) is 1.78. The maximum atomic E-state index is 5.73. The number of aryl methyl sites for hydroxylation is 2. The van der Waals surface area contributed by atoms with Crippen LogP contribution in [0.1, 0.15) is 24.8 Å². The van der Waals surface area contributed by atoms with Crippen molar-refractivity contribution in [2.75, 3.05) is 25.1 Å². The van der Waals surface area contributed by atoms with E-state index in [1.807, 2.05) is 0 Å². The van der Waals surface area contributed by atoms with E-state index in [9.17, 15) is 0 Å². The molecule has 1 N–H and O–H groups in total. The van der Waals surface area contributed by atoms with Crippen molar-refractivity contribution in [1.29, 1.82) is 0 Å². The van der Waals surface area contributed by atoms with Crippen LogP contribution in [-0.2, 0) is 13.0 Å². The highest BCUT2D eigenvalue weighted by atomic mass is 16.5. The summed E-state index contributed by atoms with van der Waals surface area (Å²) in [5.74, 6) is 0.990. The molecule has 2 aromatic carbocycles. The number of aromatic nitrogens is 2. The summed E-state index contributed by atoms with van der Waals surface area (Å²) in [6, 6.07) is 15.1. The van der Waals surface area contributed by atoms with Crippen molar-refractivity contribution < 1.29 is 4.74 Å². The van der Waals surface area contributed by atoms with Gasteiger partial charge in [0.2, 0.25) is 0 Å². The first-order valence-corrected chi connectivity index (χ1v) is 10.3. The van der Waals surface area contributed by atoms with Crippen molar-refractivity contribution in [3.05, 3.63) is 60.4 Å². The molecule has 0 amide bonds. The average molecular weight is 374 g/mol. The molecule has 144 valence electrons. The lowest BCUT2D eigenvalue weighted by molar-refractivity contribution is 0.413. The lowest BCUT2D eigenvalue weighted by Crippen LogP contribution is -2.29. The number of hydrogen-bond acceptors (Lipinski definition) is 2. The number of benzene rings is 2. The number of rotatable bonds is 5. The first kappa shape index (κ1) is 17.2. The zero-order valence-electron chi connectivity index (χ0n) is 16.4. The quantitative estimate of drug-likeness (QED) is 0.510. The third kappa shape index (κ3) is 2.93. The smallest absolute Gasteiger partial charge is 0.142 e. The molecule has 4 aromatic rings. The third-order valence-electron chi connectivity index (χ3n) is 6.08. The zero-order valence-corrected chi connectivity index (χ0v) is 16.4. The third-order valence-corrected chi connectivity index (χ3v) is 6.08. The molecular formula is C24H27N3O. The Labute approximate surface area is 165 Å². The number of nitrogens with one attached hydrogen (secondary N) is 1. The van der Waals surface area contributed by atoms with Gasteiger partial charge in [-0.05, 0) is 55.5 Å². The van der Waals surface area contributed by atoms with Crippen molar-refractivity contribution >= 4 is 27.5 Å². The summed E-state index contributed by atoms with van der Waals surface area (Å²) in [5, 5.41) is 2.63. The maximum Gasteiger partial charge on any atom is 0.142 e. The molecule has 1 aliphatic heterocycles. The van der Waals surface area contributed by atoms with E-state index in [0.717, 1.165) is 31.8 Å². The minimum atomic E-state index is 0.969. The maximum absolute atomic E-state index is 5.73. The van der Waals surface area contributed by atoms with Crippen molar-refractivity contribution in [2.45, 2.75) is 32.2 Å². The van der Waals surface area contributed by atoms with Crippen LogP contribution in [0.15, 0.2) is 54.9 Å². The molecule has 0 atom stereocenters. The molecule has 0 radical (unpaired) electrons. The normalized spacial score (nSPS) is 14.8. The Morgan fingerprint density at radius 2 is 1.82 bits per heavy atom.